The molecule has 3 heterocycles. The lowest BCUT2D eigenvalue weighted by Crippen LogP contribution is -2.56. The third kappa shape index (κ3) is 2.72. The Balaban J connectivity index is 1.80. The first-order valence-corrected chi connectivity index (χ1v) is 8.36. The standard InChI is InChI=1S/C14H20N4O3S/c1-21-7-6-17-10-14(8-12(17)19)4-2-3-5-18(14)13(20)11-9-22-16-15-11/h9H,2-8,10H2,1H3. The highest BCUT2D eigenvalue weighted by Gasteiger charge is 2.50. The monoisotopic (exact) mass is 324 g/mol. The summed E-state index contributed by atoms with van der Waals surface area (Å²) < 4.78 is 8.84. The minimum Gasteiger partial charge on any atom is -0.383 e. The maximum absolute atomic E-state index is 12.7. The molecule has 1 spiro atoms. The Labute approximate surface area is 133 Å². The molecule has 8 heteroatoms. The van der Waals surface area contributed by atoms with Crippen molar-refractivity contribution >= 4 is 23.3 Å². The van der Waals surface area contributed by atoms with E-state index in [2.05, 4.69) is 9.59 Å². The zero-order valence-electron chi connectivity index (χ0n) is 12.7. The molecular formula is C14H20N4O3S. The van der Waals surface area contributed by atoms with Crippen LogP contribution in [-0.4, -0.2) is 70.1 Å². The quantitative estimate of drug-likeness (QED) is 0.818. The number of methoxy groups -OCH3 is 1. The number of hydrogen-bond donors (Lipinski definition) is 0. The molecule has 0 N–H and O–H groups in total. The molecule has 1 aromatic rings. The topological polar surface area (TPSA) is 75.6 Å². The molecule has 0 radical (unpaired) electrons. The van der Waals surface area contributed by atoms with Crippen LogP contribution in [0.3, 0.4) is 0 Å². The molecule has 2 saturated heterocycles. The van der Waals surface area contributed by atoms with Crippen molar-refractivity contribution < 1.29 is 14.3 Å². The summed E-state index contributed by atoms with van der Waals surface area (Å²) in [7, 11) is 1.63. The average molecular weight is 324 g/mol. The molecule has 7 nitrogen and oxygen atoms in total. The normalized spacial score (nSPS) is 25.2. The van der Waals surface area contributed by atoms with Crippen LogP contribution in [0.1, 0.15) is 36.2 Å². The molecule has 0 aliphatic carbocycles. The lowest BCUT2D eigenvalue weighted by Gasteiger charge is -2.44. The van der Waals surface area contributed by atoms with E-state index in [1.807, 2.05) is 9.80 Å². The fourth-order valence-electron chi connectivity index (χ4n) is 3.46. The van der Waals surface area contributed by atoms with Crippen LogP contribution in [-0.2, 0) is 9.53 Å². The van der Waals surface area contributed by atoms with E-state index in [0.717, 1.165) is 19.3 Å². The number of hydrogen-bond acceptors (Lipinski definition) is 6. The van der Waals surface area contributed by atoms with Gasteiger partial charge in [-0.05, 0) is 30.8 Å². The smallest absolute Gasteiger partial charge is 0.275 e. The number of aromatic nitrogens is 2. The Morgan fingerprint density at radius 2 is 2.36 bits per heavy atom. The number of piperidine rings is 1. The number of carbonyl (C=O) groups excluding carboxylic acids is 2. The predicted octanol–water partition coefficient (Wildman–Crippen LogP) is 0.782. The summed E-state index contributed by atoms with van der Waals surface area (Å²) in [5, 5.41) is 5.56. The van der Waals surface area contributed by atoms with Crippen LogP contribution in [0.25, 0.3) is 0 Å². The number of nitrogens with zero attached hydrogens (tertiary/aromatic N) is 4. The zero-order chi connectivity index (χ0) is 15.6. The Kier molecular flexibility index (Phi) is 4.39. The van der Waals surface area contributed by atoms with Crippen molar-refractivity contribution in [3.05, 3.63) is 11.1 Å². The van der Waals surface area contributed by atoms with E-state index in [-0.39, 0.29) is 17.4 Å². The molecule has 0 aromatic carbocycles. The fraction of sp³-hybridized carbons (Fsp3) is 0.714. The molecule has 120 valence electrons. The average Bonchev–Trinajstić information content (AvgIpc) is 3.14. The SMILES string of the molecule is COCCN1CC2(CCCCN2C(=O)c2csnn2)CC1=O. The summed E-state index contributed by atoms with van der Waals surface area (Å²) in [4.78, 5) is 28.7. The van der Waals surface area contributed by atoms with Gasteiger partial charge in [0, 0.05) is 32.1 Å². The third-order valence-electron chi connectivity index (χ3n) is 4.55. The number of ether oxygens (including phenoxy) is 1. The summed E-state index contributed by atoms with van der Waals surface area (Å²) in [6.45, 7) is 2.38. The van der Waals surface area contributed by atoms with Gasteiger partial charge in [-0.3, -0.25) is 9.59 Å². The number of carbonyl (C=O) groups is 2. The Morgan fingerprint density at radius 3 is 3.09 bits per heavy atom. The van der Waals surface area contributed by atoms with Gasteiger partial charge in [0.1, 0.15) is 0 Å². The largest absolute Gasteiger partial charge is 0.383 e. The van der Waals surface area contributed by atoms with E-state index in [4.69, 9.17) is 4.74 Å². The van der Waals surface area contributed by atoms with Crippen molar-refractivity contribution in [3.8, 4) is 0 Å². The van der Waals surface area contributed by atoms with Crippen LogP contribution in [0.5, 0.6) is 0 Å². The lowest BCUT2D eigenvalue weighted by molar-refractivity contribution is -0.128. The molecule has 1 unspecified atom stereocenters. The highest BCUT2D eigenvalue weighted by molar-refractivity contribution is 7.03. The minimum atomic E-state index is -0.385. The molecule has 2 fully saturated rings. The molecular weight excluding hydrogens is 304 g/mol. The Morgan fingerprint density at radius 1 is 1.50 bits per heavy atom. The van der Waals surface area contributed by atoms with Crippen LogP contribution in [0.15, 0.2) is 5.38 Å². The molecule has 2 amide bonds. The molecule has 0 saturated carbocycles. The van der Waals surface area contributed by atoms with Gasteiger partial charge in [-0.25, -0.2) is 0 Å². The molecule has 22 heavy (non-hydrogen) atoms. The summed E-state index contributed by atoms with van der Waals surface area (Å²) in [5.74, 6) is 0.00277. The van der Waals surface area contributed by atoms with E-state index >= 15 is 0 Å². The first-order chi connectivity index (χ1) is 10.7. The molecule has 1 aromatic heterocycles. The Bertz CT molecular complexity index is 550. The van der Waals surface area contributed by atoms with Crippen molar-refractivity contribution in [2.24, 2.45) is 0 Å². The van der Waals surface area contributed by atoms with Crippen LogP contribution in [0.2, 0.25) is 0 Å². The van der Waals surface area contributed by atoms with Gasteiger partial charge in [0.2, 0.25) is 5.91 Å². The predicted molar refractivity (Wildman–Crippen MR) is 80.6 cm³/mol. The maximum atomic E-state index is 12.7. The van der Waals surface area contributed by atoms with Gasteiger partial charge in [0.25, 0.3) is 5.91 Å². The van der Waals surface area contributed by atoms with E-state index in [1.54, 1.807) is 12.5 Å². The van der Waals surface area contributed by atoms with Crippen LogP contribution >= 0.6 is 11.5 Å². The first-order valence-electron chi connectivity index (χ1n) is 7.52. The lowest BCUT2D eigenvalue weighted by atomic mass is 9.85. The number of rotatable bonds is 4. The maximum Gasteiger partial charge on any atom is 0.275 e. The minimum absolute atomic E-state index is 0.102. The van der Waals surface area contributed by atoms with Gasteiger partial charge in [-0.2, -0.15) is 0 Å². The van der Waals surface area contributed by atoms with Gasteiger partial charge in [0.15, 0.2) is 5.69 Å². The van der Waals surface area contributed by atoms with Gasteiger partial charge in [0.05, 0.1) is 18.6 Å². The van der Waals surface area contributed by atoms with E-state index < -0.39 is 0 Å². The van der Waals surface area contributed by atoms with Gasteiger partial charge < -0.3 is 14.5 Å². The summed E-state index contributed by atoms with van der Waals surface area (Å²) in [6, 6.07) is 0. The fourth-order valence-corrected chi connectivity index (χ4v) is 3.89. The van der Waals surface area contributed by atoms with E-state index in [0.29, 0.717) is 38.4 Å². The zero-order valence-corrected chi connectivity index (χ0v) is 13.5. The highest BCUT2D eigenvalue weighted by atomic mass is 32.1. The van der Waals surface area contributed by atoms with Gasteiger partial charge >= 0.3 is 0 Å². The molecule has 2 aliphatic rings. The van der Waals surface area contributed by atoms with Gasteiger partial charge in [-0.15, -0.1) is 5.10 Å². The molecule has 3 rings (SSSR count). The van der Waals surface area contributed by atoms with Crippen molar-refractivity contribution in [3.63, 3.8) is 0 Å². The Hall–Kier alpha value is -1.54. The van der Waals surface area contributed by atoms with Crippen LogP contribution in [0, 0.1) is 0 Å². The second-order valence-corrected chi connectivity index (χ2v) is 6.52. The summed E-state index contributed by atoms with van der Waals surface area (Å²) in [5.41, 5.74) is -0.00175. The summed E-state index contributed by atoms with van der Waals surface area (Å²) in [6.07, 6.45) is 3.29. The van der Waals surface area contributed by atoms with Crippen molar-refractivity contribution in [1.82, 2.24) is 19.4 Å². The van der Waals surface area contributed by atoms with E-state index in [9.17, 15) is 9.59 Å². The second-order valence-electron chi connectivity index (χ2n) is 5.91. The van der Waals surface area contributed by atoms with Crippen molar-refractivity contribution in [2.45, 2.75) is 31.2 Å². The van der Waals surface area contributed by atoms with Crippen molar-refractivity contribution in [1.29, 1.82) is 0 Å². The van der Waals surface area contributed by atoms with Crippen LogP contribution < -0.4 is 0 Å². The van der Waals surface area contributed by atoms with Crippen LogP contribution in [0.4, 0.5) is 0 Å². The van der Waals surface area contributed by atoms with Crippen molar-refractivity contribution in [2.75, 3.05) is 33.4 Å². The summed E-state index contributed by atoms with van der Waals surface area (Å²) >= 11 is 1.17. The molecule has 0 bridgehead atoms. The van der Waals surface area contributed by atoms with Gasteiger partial charge in [-0.1, -0.05) is 4.49 Å². The highest BCUT2D eigenvalue weighted by Crippen LogP contribution is 2.37. The second kappa shape index (κ2) is 6.29. The molecule has 2 aliphatic heterocycles. The number of amides is 2. The number of likely N-dealkylation sites (tertiary alicyclic amines) is 2. The first kappa shape index (κ1) is 15.4. The molecule has 1 atom stereocenters. The third-order valence-corrected chi connectivity index (χ3v) is 5.06. The van der Waals surface area contributed by atoms with E-state index in [1.165, 1.54) is 11.5 Å².